The second kappa shape index (κ2) is 6.50. The van der Waals surface area contributed by atoms with Crippen molar-refractivity contribution in [1.29, 1.82) is 0 Å². The molecule has 1 aromatic carbocycles. The Kier molecular flexibility index (Phi) is 5.43. The minimum Gasteiger partial charge on any atom is -0.389 e. The number of nitrogens with zero attached hydrogens (tertiary/aromatic N) is 1. The van der Waals surface area contributed by atoms with Gasteiger partial charge in [0.1, 0.15) is 0 Å². The van der Waals surface area contributed by atoms with Crippen LogP contribution in [0.15, 0.2) is 23.1 Å². The summed E-state index contributed by atoms with van der Waals surface area (Å²) in [5.41, 5.74) is -0.986. The lowest BCUT2D eigenvalue weighted by molar-refractivity contribution is -0.385. The van der Waals surface area contributed by atoms with Gasteiger partial charge in [-0.25, -0.2) is 13.1 Å². The Morgan fingerprint density at radius 2 is 1.90 bits per heavy atom. The van der Waals surface area contributed by atoms with E-state index in [2.05, 4.69) is 4.72 Å². The van der Waals surface area contributed by atoms with Crippen molar-refractivity contribution >= 4 is 15.7 Å². The summed E-state index contributed by atoms with van der Waals surface area (Å²) in [7, 11) is -3.90. The van der Waals surface area contributed by atoms with E-state index in [4.69, 9.17) is 0 Å². The van der Waals surface area contributed by atoms with Gasteiger partial charge in [0.15, 0.2) is 0 Å². The van der Waals surface area contributed by atoms with Gasteiger partial charge < -0.3 is 5.11 Å². The number of hydrogen-bond acceptors (Lipinski definition) is 5. The van der Waals surface area contributed by atoms with Crippen LogP contribution in [0.25, 0.3) is 0 Å². The lowest BCUT2D eigenvalue weighted by atomic mass is 9.98. The van der Waals surface area contributed by atoms with E-state index in [1.165, 1.54) is 19.1 Å². The van der Waals surface area contributed by atoms with E-state index in [-0.39, 0.29) is 17.1 Å². The Morgan fingerprint density at radius 3 is 2.38 bits per heavy atom. The average molecular weight is 316 g/mol. The smallest absolute Gasteiger partial charge is 0.273 e. The molecule has 0 saturated carbocycles. The highest BCUT2D eigenvalue weighted by molar-refractivity contribution is 7.89. The molecule has 0 aliphatic rings. The van der Waals surface area contributed by atoms with E-state index < -0.39 is 20.5 Å². The Hall–Kier alpha value is -1.51. The van der Waals surface area contributed by atoms with E-state index in [0.717, 1.165) is 6.07 Å². The van der Waals surface area contributed by atoms with Crippen molar-refractivity contribution < 1.29 is 18.4 Å². The summed E-state index contributed by atoms with van der Waals surface area (Å²) in [6, 6.07) is 3.72. The maximum absolute atomic E-state index is 12.2. The molecule has 8 heteroatoms. The molecule has 0 saturated heterocycles. The molecule has 0 aromatic heterocycles. The molecule has 0 aliphatic heterocycles. The lowest BCUT2D eigenvalue weighted by Gasteiger charge is -2.25. The molecule has 0 amide bonds. The number of benzene rings is 1. The van der Waals surface area contributed by atoms with Crippen LogP contribution in [0, 0.1) is 17.0 Å². The summed E-state index contributed by atoms with van der Waals surface area (Å²) in [5.74, 6) is 0. The first kappa shape index (κ1) is 17.5. The van der Waals surface area contributed by atoms with Crippen LogP contribution >= 0.6 is 0 Å². The summed E-state index contributed by atoms with van der Waals surface area (Å²) in [5, 5.41) is 21.0. The maximum Gasteiger partial charge on any atom is 0.273 e. The van der Waals surface area contributed by atoms with Gasteiger partial charge in [-0.15, -0.1) is 0 Å². The zero-order valence-electron chi connectivity index (χ0n) is 12.3. The van der Waals surface area contributed by atoms with Crippen molar-refractivity contribution in [3.63, 3.8) is 0 Å². The summed E-state index contributed by atoms with van der Waals surface area (Å²) in [6.45, 7) is 4.92. The van der Waals surface area contributed by atoms with Gasteiger partial charge in [-0.1, -0.05) is 19.9 Å². The van der Waals surface area contributed by atoms with Gasteiger partial charge in [-0.3, -0.25) is 10.1 Å². The highest BCUT2D eigenvalue weighted by atomic mass is 32.2. The Morgan fingerprint density at radius 1 is 1.33 bits per heavy atom. The van der Waals surface area contributed by atoms with Crippen LogP contribution in [-0.4, -0.2) is 30.6 Å². The van der Waals surface area contributed by atoms with Crippen molar-refractivity contribution in [3.05, 3.63) is 33.9 Å². The number of sulfonamides is 1. The molecule has 1 aromatic rings. The van der Waals surface area contributed by atoms with E-state index in [1.54, 1.807) is 13.8 Å². The molecule has 0 fully saturated rings. The third kappa shape index (κ3) is 4.23. The van der Waals surface area contributed by atoms with Gasteiger partial charge in [-0.2, -0.15) is 0 Å². The highest BCUT2D eigenvalue weighted by Crippen LogP contribution is 2.22. The van der Waals surface area contributed by atoms with Crippen molar-refractivity contribution in [2.75, 3.05) is 6.54 Å². The predicted molar refractivity (Wildman–Crippen MR) is 78.6 cm³/mol. The molecule has 0 bridgehead atoms. The largest absolute Gasteiger partial charge is 0.389 e. The van der Waals surface area contributed by atoms with E-state index >= 15 is 0 Å². The van der Waals surface area contributed by atoms with Crippen LogP contribution in [0.4, 0.5) is 5.69 Å². The van der Waals surface area contributed by atoms with E-state index in [0.29, 0.717) is 18.4 Å². The third-order valence-corrected chi connectivity index (χ3v) is 4.99. The van der Waals surface area contributed by atoms with Gasteiger partial charge in [0.2, 0.25) is 10.0 Å². The summed E-state index contributed by atoms with van der Waals surface area (Å²) in [4.78, 5) is 10.1. The van der Waals surface area contributed by atoms with Crippen LogP contribution in [0.2, 0.25) is 0 Å². The molecular formula is C13H20N2O5S. The zero-order valence-corrected chi connectivity index (χ0v) is 13.1. The fourth-order valence-corrected chi connectivity index (χ4v) is 2.91. The molecule has 0 radical (unpaired) electrons. The second-order valence-electron chi connectivity index (χ2n) is 4.96. The van der Waals surface area contributed by atoms with Crippen LogP contribution in [0.1, 0.15) is 32.3 Å². The summed E-state index contributed by atoms with van der Waals surface area (Å²) in [6.07, 6.45) is 0.806. The quantitative estimate of drug-likeness (QED) is 0.588. The van der Waals surface area contributed by atoms with E-state index in [1.807, 2.05) is 0 Å². The van der Waals surface area contributed by atoms with Gasteiger partial charge in [-0.05, 0) is 25.8 Å². The van der Waals surface area contributed by atoms with Crippen molar-refractivity contribution in [1.82, 2.24) is 4.72 Å². The number of aliphatic hydroxyl groups is 1. The molecule has 0 aliphatic carbocycles. The zero-order chi connectivity index (χ0) is 16.3. The first-order valence-corrected chi connectivity index (χ1v) is 8.10. The SMILES string of the molecule is CCC(O)(CC)CNS(=O)(=O)c1ccc(C)c([N+](=O)[O-])c1. The number of hydrogen-bond donors (Lipinski definition) is 2. The Bertz CT molecular complexity index is 623. The normalized spacial score (nSPS) is 12.4. The number of nitro benzene ring substituents is 1. The van der Waals surface area contributed by atoms with Gasteiger partial charge >= 0.3 is 0 Å². The van der Waals surface area contributed by atoms with Crippen molar-refractivity contribution in [2.45, 2.75) is 44.1 Å². The highest BCUT2D eigenvalue weighted by Gasteiger charge is 2.26. The van der Waals surface area contributed by atoms with Crippen LogP contribution in [0.3, 0.4) is 0 Å². The molecule has 7 nitrogen and oxygen atoms in total. The van der Waals surface area contributed by atoms with Crippen molar-refractivity contribution in [2.24, 2.45) is 0 Å². The average Bonchev–Trinajstić information content (AvgIpc) is 2.45. The van der Waals surface area contributed by atoms with E-state index in [9.17, 15) is 23.6 Å². The van der Waals surface area contributed by atoms with Crippen LogP contribution in [-0.2, 0) is 10.0 Å². The standard InChI is InChI=1S/C13H20N2O5S/c1-4-13(16,5-2)9-14-21(19,20)11-7-6-10(3)12(8-11)15(17)18/h6-8,14,16H,4-5,9H2,1-3H3. The molecule has 0 atom stereocenters. The molecule has 0 unspecified atom stereocenters. The number of rotatable bonds is 7. The molecular weight excluding hydrogens is 296 g/mol. The number of aryl methyl sites for hydroxylation is 1. The first-order valence-electron chi connectivity index (χ1n) is 6.62. The van der Waals surface area contributed by atoms with Gasteiger partial charge in [0, 0.05) is 18.2 Å². The number of nitrogens with one attached hydrogen (secondary N) is 1. The van der Waals surface area contributed by atoms with Crippen molar-refractivity contribution in [3.8, 4) is 0 Å². The van der Waals surface area contributed by atoms with Crippen LogP contribution < -0.4 is 4.72 Å². The van der Waals surface area contributed by atoms with Crippen LogP contribution in [0.5, 0.6) is 0 Å². The number of nitro groups is 1. The Balaban J connectivity index is 3.04. The first-order chi connectivity index (χ1) is 9.65. The second-order valence-corrected chi connectivity index (χ2v) is 6.73. The van der Waals surface area contributed by atoms with Gasteiger partial charge in [0.25, 0.3) is 5.69 Å². The molecule has 118 valence electrons. The monoisotopic (exact) mass is 316 g/mol. The fraction of sp³-hybridized carbons (Fsp3) is 0.538. The summed E-state index contributed by atoms with van der Waals surface area (Å²) < 4.78 is 26.6. The maximum atomic E-state index is 12.2. The molecule has 2 N–H and O–H groups in total. The minimum atomic E-state index is -3.90. The predicted octanol–water partition coefficient (Wildman–Crippen LogP) is 1.73. The lowest BCUT2D eigenvalue weighted by Crippen LogP contribution is -2.41. The molecule has 0 spiro atoms. The molecule has 21 heavy (non-hydrogen) atoms. The minimum absolute atomic E-state index is 0.135. The molecule has 1 rings (SSSR count). The third-order valence-electron chi connectivity index (χ3n) is 3.60. The Labute approximate surface area is 124 Å². The fourth-order valence-electron chi connectivity index (χ4n) is 1.77. The van der Waals surface area contributed by atoms with Gasteiger partial charge in [0.05, 0.1) is 15.4 Å². The molecule has 0 heterocycles. The topological polar surface area (TPSA) is 110 Å². The summed E-state index contributed by atoms with van der Waals surface area (Å²) >= 11 is 0.